The maximum absolute atomic E-state index is 13.8. The molecule has 0 saturated carbocycles. The van der Waals surface area contributed by atoms with Crippen LogP contribution in [0, 0.1) is 11.8 Å². The number of rotatable bonds is 4. The molecule has 1 aromatic carbocycles. The van der Waals surface area contributed by atoms with Crippen molar-refractivity contribution in [1.82, 2.24) is 23.7 Å². The number of benzene rings is 1. The number of pyridine rings is 1. The number of aryl methyl sites for hydroxylation is 1. The van der Waals surface area contributed by atoms with Crippen LogP contribution >= 0.6 is 0 Å². The summed E-state index contributed by atoms with van der Waals surface area (Å²) in [6.45, 7) is 2.59. The summed E-state index contributed by atoms with van der Waals surface area (Å²) in [7, 11) is 1.48. The molecule has 1 aliphatic rings. The molecule has 0 radical (unpaired) electrons. The van der Waals surface area contributed by atoms with E-state index in [-0.39, 0.29) is 29.4 Å². The second-order valence-electron chi connectivity index (χ2n) is 10.2. The van der Waals surface area contributed by atoms with E-state index in [9.17, 15) is 35.9 Å². The molecule has 45 heavy (non-hydrogen) atoms. The Morgan fingerprint density at radius 1 is 1.11 bits per heavy atom. The number of carboxylic acids is 1. The second kappa shape index (κ2) is 12.6. The quantitative estimate of drug-likeness (QED) is 0.257. The van der Waals surface area contributed by atoms with E-state index >= 15 is 0 Å². The Bertz CT molecular complexity index is 1930. The number of halogens is 6. The van der Waals surface area contributed by atoms with Crippen molar-refractivity contribution < 1.29 is 36.2 Å². The summed E-state index contributed by atoms with van der Waals surface area (Å²) in [4.78, 5) is 46.5. The first kappa shape index (κ1) is 33.1. The van der Waals surface area contributed by atoms with Crippen LogP contribution in [-0.2, 0) is 31.1 Å². The number of carboxylic acid groups (broad SMARTS) is 1. The van der Waals surface area contributed by atoms with Gasteiger partial charge >= 0.3 is 24.0 Å². The Morgan fingerprint density at radius 2 is 1.78 bits per heavy atom. The number of anilines is 1. The highest BCUT2D eigenvalue weighted by molar-refractivity contribution is 5.85. The molecule has 0 spiro atoms. The molecule has 11 nitrogen and oxygen atoms in total. The normalized spacial score (nSPS) is 15.4. The lowest BCUT2D eigenvalue weighted by molar-refractivity contribution is -0.192. The first-order valence-electron chi connectivity index (χ1n) is 13.4. The van der Waals surface area contributed by atoms with E-state index in [4.69, 9.17) is 15.6 Å². The SMILES string of the molecule is CC#CCn1c(N2CCC[C@@H](N)C2)nc2c1c(=O)n(Cc1nc(C(F)(F)F)cc3ccccc13)c(=O)n2C.O=C(O)C(F)(F)F. The summed E-state index contributed by atoms with van der Waals surface area (Å²) in [5.74, 6) is 3.49. The van der Waals surface area contributed by atoms with Crippen molar-refractivity contribution in [3.63, 3.8) is 0 Å². The molecule has 17 heteroatoms. The van der Waals surface area contributed by atoms with Gasteiger partial charge in [-0.15, -0.1) is 5.92 Å². The lowest BCUT2D eigenvalue weighted by atomic mass is 10.1. The van der Waals surface area contributed by atoms with Crippen LogP contribution in [-0.4, -0.2) is 60.1 Å². The van der Waals surface area contributed by atoms with Gasteiger partial charge in [0, 0.05) is 31.6 Å². The molecular weight excluding hydrogens is 612 g/mol. The molecule has 0 bridgehead atoms. The monoisotopic (exact) mass is 639 g/mol. The second-order valence-corrected chi connectivity index (χ2v) is 10.2. The van der Waals surface area contributed by atoms with E-state index in [1.54, 1.807) is 29.7 Å². The van der Waals surface area contributed by atoms with Gasteiger partial charge in [-0.2, -0.15) is 31.3 Å². The number of aliphatic carboxylic acids is 1. The van der Waals surface area contributed by atoms with Crippen LogP contribution in [0.4, 0.5) is 32.3 Å². The number of fused-ring (bicyclic) bond motifs is 2. The van der Waals surface area contributed by atoms with Gasteiger partial charge < -0.3 is 15.7 Å². The summed E-state index contributed by atoms with van der Waals surface area (Å²) < 4.78 is 76.4. The van der Waals surface area contributed by atoms with Gasteiger partial charge in [0.1, 0.15) is 5.69 Å². The number of hydrogen-bond donors (Lipinski definition) is 2. The molecule has 3 aromatic heterocycles. The molecule has 1 saturated heterocycles. The van der Waals surface area contributed by atoms with E-state index < -0.39 is 41.8 Å². The van der Waals surface area contributed by atoms with E-state index in [1.807, 2.05) is 4.90 Å². The van der Waals surface area contributed by atoms with Gasteiger partial charge in [-0.1, -0.05) is 30.2 Å². The zero-order valence-electron chi connectivity index (χ0n) is 23.9. The summed E-state index contributed by atoms with van der Waals surface area (Å²) in [6.07, 6.45) is -8.06. The molecule has 4 heterocycles. The van der Waals surface area contributed by atoms with E-state index in [0.29, 0.717) is 29.8 Å². The summed E-state index contributed by atoms with van der Waals surface area (Å²) in [6, 6.07) is 7.33. The fraction of sp³-hybridized carbons (Fsp3) is 0.393. The van der Waals surface area contributed by atoms with Crippen LogP contribution in [0.5, 0.6) is 0 Å². The van der Waals surface area contributed by atoms with Crippen molar-refractivity contribution in [3.8, 4) is 11.8 Å². The van der Waals surface area contributed by atoms with Crippen LogP contribution in [0.15, 0.2) is 39.9 Å². The molecular formula is C28H27F6N7O4. The molecule has 5 rings (SSSR count). The predicted octanol–water partition coefficient (Wildman–Crippen LogP) is 3.10. The van der Waals surface area contributed by atoms with Crippen LogP contribution in [0.1, 0.15) is 31.2 Å². The van der Waals surface area contributed by atoms with Crippen molar-refractivity contribution in [2.24, 2.45) is 12.8 Å². The van der Waals surface area contributed by atoms with Crippen molar-refractivity contribution in [2.75, 3.05) is 18.0 Å². The van der Waals surface area contributed by atoms with E-state index in [1.165, 1.54) is 17.7 Å². The van der Waals surface area contributed by atoms with Crippen LogP contribution in [0.3, 0.4) is 0 Å². The number of nitrogens with two attached hydrogens (primary N) is 1. The minimum absolute atomic E-state index is 0.0318. The van der Waals surface area contributed by atoms with Gasteiger partial charge in [0.25, 0.3) is 5.56 Å². The first-order valence-corrected chi connectivity index (χ1v) is 13.4. The number of piperidine rings is 1. The van der Waals surface area contributed by atoms with E-state index in [2.05, 4.69) is 21.8 Å². The Morgan fingerprint density at radius 3 is 2.38 bits per heavy atom. The highest BCUT2D eigenvalue weighted by Gasteiger charge is 2.38. The minimum atomic E-state index is -5.08. The van der Waals surface area contributed by atoms with Gasteiger partial charge in [0.2, 0.25) is 5.95 Å². The molecule has 4 aromatic rings. The topological polar surface area (TPSA) is 141 Å². The Balaban J connectivity index is 0.000000591. The number of nitrogens with zero attached hydrogens (tertiary/aromatic N) is 6. The third-order valence-corrected chi connectivity index (χ3v) is 7.03. The maximum atomic E-state index is 13.8. The largest absolute Gasteiger partial charge is 0.490 e. The van der Waals surface area contributed by atoms with Crippen molar-refractivity contribution >= 4 is 33.9 Å². The maximum Gasteiger partial charge on any atom is 0.490 e. The van der Waals surface area contributed by atoms with Crippen molar-refractivity contribution in [3.05, 3.63) is 62.6 Å². The number of imidazole rings is 1. The molecule has 1 fully saturated rings. The Kier molecular flexibility index (Phi) is 9.28. The average molecular weight is 640 g/mol. The minimum Gasteiger partial charge on any atom is -0.475 e. The lowest BCUT2D eigenvalue weighted by Crippen LogP contribution is -2.44. The number of hydrogen-bond acceptors (Lipinski definition) is 7. The number of aromatic nitrogens is 5. The lowest BCUT2D eigenvalue weighted by Gasteiger charge is -2.31. The van der Waals surface area contributed by atoms with Crippen molar-refractivity contribution in [2.45, 2.75) is 51.2 Å². The van der Waals surface area contributed by atoms with Gasteiger partial charge in [0.05, 0.1) is 18.8 Å². The van der Waals surface area contributed by atoms with Crippen LogP contribution < -0.4 is 21.9 Å². The third-order valence-electron chi connectivity index (χ3n) is 7.03. The average Bonchev–Trinajstić information content (AvgIpc) is 3.36. The third kappa shape index (κ3) is 6.95. The van der Waals surface area contributed by atoms with Crippen LogP contribution in [0.25, 0.3) is 21.9 Å². The molecule has 0 unspecified atom stereocenters. The van der Waals surface area contributed by atoms with Gasteiger partial charge in [0.15, 0.2) is 11.2 Å². The molecule has 3 N–H and O–H groups in total. The highest BCUT2D eigenvalue weighted by Crippen LogP contribution is 2.31. The highest BCUT2D eigenvalue weighted by atomic mass is 19.4. The summed E-state index contributed by atoms with van der Waals surface area (Å²) in [5.41, 5.74) is 3.97. The first-order chi connectivity index (χ1) is 21.0. The standard InChI is InChI=1S/C26H26F3N7O2.C2HF3O2/c1-3-4-12-35-21-22(32-24(35)34-11-7-9-17(30)14-34)33(2)25(38)36(23(21)37)15-19-18-10-6-5-8-16(18)13-20(31-19)26(27,28)29;3-2(4,5)1(6)7/h5-6,8,10,13,17H,7,9,11-12,14-15,30H2,1-2H3;(H,6,7)/t17-;/m1./s1. The smallest absolute Gasteiger partial charge is 0.475 e. The molecule has 0 amide bonds. The summed E-state index contributed by atoms with van der Waals surface area (Å²) in [5, 5.41) is 7.85. The zero-order valence-corrected chi connectivity index (χ0v) is 23.9. The Labute approximate surface area is 250 Å². The van der Waals surface area contributed by atoms with Crippen molar-refractivity contribution in [1.29, 1.82) is 0 Å². The van der Waals surface area contributed by atoms with E-state index in [0.717, 1.165) is 23.5 Å². The van der Waals surface area contributed by atoms with Gasteiger partial charge in [-0.3, -0.25) is 18.5 Å². The Hall–Kier alpha value is -4.85. The van der Waals surface area contributed by atoms with Gasteiger partial charge in [-0.25, -0.2) is 14.6 Å². The number of carbonyl (C=O) groups is 1. The predicted molar refractivity (Wildman–Crippen MR) is 152 cm³/mol. The molecule has 1 aliphatic heterocycles. The molecule has 1 atom stereocenters. The zero-order chi connectivity index (χ0) is 33.3. The summed E-state index contributed by atoms with van der Waals surface area (Å²) >= 11 is 0. The fourth-order valence-electron chi connectivity index (χ4n) is 4.93. The van der Waals surface area contributed by atoms with Crippen LogP contribution in [0.2, 0.25) is 0 Å². The number of alkyl halides is 6. The van der Waals surface area contributed by atoms with Gasteiger partial charge in [-0.05, 0) is 31.2 Å². The fourth-order valence-corrected chi connectivity index (χ4v) is 4.93. The molecule has 240 valence electrons. The molecule has 0 aliphatic carbocycles.